The van der Waals surface area contributed by atoms with E-state index in [0.717, 1.165) is 12.4 Å². The lowest BCUT2D eigenvalue weighted by Crippen LogP contribution is -2.32. The summed E-state index contributed by atoms with van der Waals surface area (Å²) >= 11 is 5.49. The Morgan fingerprint density at radius 2 is 1.88 bits per heavy atom. The Kier molecular flexibility index (Phi) is 3.01. The molecule has 0 aliphatic carbocycles. The van der Waals surface area contributed by atoms with Gasteiger partial charge in [-0.05, 0) is 0 Å². The number of carbonyl (C=O) groups is 3. The minimum Gasteiger partial charge on any atom is -0.323 e. The molecule has 0 atom stereocenters. The maximum atomic E-state index is 11.5. The van der Waals surface area contributed by atoms with Crippen LogP contribution in [0.1, 0.15) is 23.3 Å². The molecule has 0 N–H and O–H groups in total. The van der Waals surface area contributed by atoms with Gasteiger partial charge in [-0.25, -0.2) is 14.8 Å². The van der Waals surface area contributed by atoms with Crippen molar-refractivity contribution in [3.63, 3.8) is 0 Å². The quantitative estimate of drug-likeness (QED) is 0.709. The van der Waals surface area contributed by atoms with Crippen molar-refractivity contribution >= 4 is 29.4 Å². The minimum absolute atomic E-state index is 0.0401. The average molecular weight is 256 g/mol. The number of aromatic nitrogens is 2. The van der Waals surface area contributed by atoms with Crippen molar-refractivity contribution < 1.29 is 19.2 Å². The molecule has 1 fully saturated rings. The van der Waals surface area contributed by atoms with E-state index in [1.807, 2.05) is 0 Å². The first-order valence-electron chi connectivity index (χ1n) is 4.63. The van der Waals surface area contributed by atoms with Crippen molar-refractivity contribution in [1.29, 1.82) is 0 Å². The van der Waals surface area contributed by atoms with Gasteiger partial charge in [-0.2, -0.15) is 0 Å². The number of nitrogens with zero attached hydrogens (tertiary/aromatic N) is 3. The van der Waals surface area contributed by atoms with Crippen molar-refractivity contribution in [3.05, 3.63) is 23.2 Å². The van der Waals surface area contributed by atoms with E-state index in [-0.39, 0.29) is 23.7 Å². The van der Waals surface area contributed by atoms with Crippen LogP contribution in [0, 0.1) is 0 Å². The summed E-state index contributed by atoms with van der Waals surface area (Å²) in [6.07, 6.45) is 2.33. The number of carbonyl (C=O) groups excluding carboxylic acids is 3. The summed E-state index contributed by atoms with van der Waals surface area (Å²) in [5, 5.41) is 0.563. The van der Waals surface area contributed by atoms with Gasteiger partial charge in [0.25, 0.3) is 11.8 Å². The molecule has 0 unspecified atom stereocenters. The van der Waals surface area contributed by atoms with Gasteiger partial charge in [0, 0.05) is 12.8 Å². The Labute approximate surface area is 100 Å². The molecular weight excluding hydrogens is 250 g/mol. The fraction of sp³-hybridized carbons (Fsp3) is 0.222. The molecule has 8 heteroatoms. The highest BCUT2D eigenvalue weighted by atomic mass is 35.5. The summed E-state index contributed by atoms with van der Waals surface area (Å²) in [4.78, 5) is 45.7. The van der Waals surface area contributed by atoms with Gasteiger partial charge in [0.1, 0.15) is 5.15 Å². The monoisotopic (exact) mass is 255 g/mol. The van der Waals surface area contributed by atoms with Crippen LogP contribution < -0.4 is 0 Å². The van der Waals surface area contributed by atoms with E-state index >= 15 is 0 Å². The van der Waals surface area contributed by atoms with E-state index in [1.54, 1.807) is 0 Å². The van der Waals surface area contributed by atoms with E-state index in [4.69, 9.17) is 11.6 Å². The molecule has 7 nitrogen and oxygen atoms in total. The average Bonchev–Trinajstić information content (AvgIpc) is 2.61. The summed E-state index contributed by atoms with van der Waals surface area (Å²) in [6.45, 7) is 0. The highest BCUT2D eigenvalue weighted by Gasteiger charge is 2.33. The Balaban J connectivity index is 2.09. The van der Waals surface area contributed by atoms with E-state index in [2.05, 4.69) is 14.8 Å². The molecule has 2 heterocycles. The Morgan fingerprint density at radius 1 is 1.24 bits per heavy atom. The van der Waals surface area contributed by atoms with Crippen LogP contribution in [0.15, 0.2) is 12.4 Å². The third kappa shape index (κ3) is 2.39. The molecule has 0 saturated carbocycles. The van der Waals surface area contributed by atoms with Gasteiger partial charge < -0.3 is 4.84 Å². The molecule has 1 aliphatic heterocycles. The zero-order chi connectivity index (χ0) is 12.4. The second-order valence-electron chi connectivity index (χ2n) is 3.18. The van der Waals surface area contributed by atoms with Gasteiger partial charge in [0.15, 0.2) is 5.69 Å². The van der Waals surface area contributed by atoms with E-state index in [9.17, 15) is 14.4 Å². The van der Waals surface area contributed by atoms with Gasteiger partial charge in [0.05, 0.1) is 12.4 Å². The Morgan fingerprint density at radius 3 is 2.41 bits per heavy atom. The zero-order valence-corrected chi connectivity index (χ0v) is 9.18. The van der Waals surface area contributed by atoms with Crippen LogP contribution in [-0.4, -0.2) is 32.8 Å². The summed E-state index contributed by atoms with van der Waals surface area (Å²) in [5.74, 6) is -2.03. The number of imide groups is 1. The van der Waals surface area contributed by atoms with E-state index < -0.39 is 17.8 Å². The zero-order valence-electron chi connectivity index (χ0n) is 8.42. The summed E-state index contributed by atoms with van der Waals surface area (Å²) in [5.41, 5.74) is -0.137. The highest BCUT2D eigenvalue weighted by molar-refractivity contribution is 6.29. The molecule has 1 aromatic heterocycles. The molecular formula is C9H6ClN3O4. The molecule has 2 amide bonds. The predicted molar refractivity (Wildman–Crippen MR) is 53.5 cm³/mol. The van der Waals surface area contributed by atoms with Crippen molar-refractivity contribution in [3.8, 4) is 0 Å². The first-order valence-corrected chi connectivity index (χ1v) is 5.01. The van der Waals surface area contributed by atoms with Crippen molar-refractivity contribution in [2.75, 3.05) is 0 Å². The van der Waals surface area contributed by atoms with Crippen molar-refractivity contribution in [1.82, 2.24) is 15.0 Å². The van der Waals surface area contributed by atoms with Crippen LogP contribution in [0.25, 0.3) is 0 Å². The molecule has 0 aromatic carbocycles. The number of hydrogen-bond donors (Lipinski definition) is 0. The predicted octanol–water partition coefficient (Wildman–Crippen LogP) is 0.351. The molecule has 0 spiro atoms. The molecule has 2 rings (SSSR count). The SMILES string of the molecule is O=C(ON1C(=O)CCC1=O)c1cnc(Cl)cn1. The summed E-state index contributed by atoms with van der Waals surface area (Å²) < 4.78 is 0. The molecule has 88 valence electrons. The fourth-order valence-corrected chi connectivity index (χ4v) is 1.30. The van der Waals surface area contributed by atoms with Crippen LogP contribution in [0.3, 0.4) is 0 Å². The lowest BCUT2D eigenvalue weighted by atomic mass is 10.4. The number of amides is 2. The van der Waals surface area contributed by atoms with Gasteiger partial charge in [-0.15, -0.1) is 5.06 Å². The lowest BCUT2D eigenvalue weighted by Gasteiger charge is -2.11. The van der Waals surface area contributed by atoms with Crippen LogP contribution in [0.2, 0.25) is 5.15 Å². The third-order valence-corrected chi connectivity index (χ3v) is 2.20. The smallest absolute Gasteiger partial charge is 0.323 e. The molecule has 0 bridgehead atoms. The Bertz CT molecular complexity index is 472. The fourth-order valence-electron chi connectivity index (χ4n) is 1.21. The van der Waals surface area contributed by atoms with Gasteiger partial charge in [-0.1, -0.05) is 11.6 Å². The lowest BCUT2D eigenvalue weighted by molar-refractivity contribution is -0.172. The topological polar surface area (TPSA) is 89.5 Å². The van der Waals surface area contributed by atoms with Gasteiger partial charge in [-0.3, -0.25) is 9.59 Å². The third-order valence-electron chi connectivity index (χ3n) is 2.01. The number of hydroxylamine groups is 2. The highest BCUT2D eigenvalue weighted by Crippen LogP contribution is 2.13. The van der Waals surface area contributed by atoms with E-state index in [1.165, 1.54) is 0 Å². The summed E-state index contributed by atoms with van der Waals surface area (Å²) in [6, 6.07) is 0. The standard InChI is InChI=1S/C9H6ClN3O4/c10-6-4-11-5(3-12-6)9(16)17-13-7(14)1-2-8(13)15/h3-4H,1-2H2. The molecule has 1 saturated heterocycles. The van der Waals surface area contributed by atoms with Crippen LogP contribution in [-0.2, 0) is 14.4 Å². The van der Waals surface area contributed by atoms with E-state index in [0.29, 0.717) is 5.06 Å². The summed E-state index contributed by atoms with van der Waals surface area (Å²) in [7, 11) is 0. The molecule has 17 heavy (non-hydrogen) atoms. The molecule has 1 aliphatic rings. The van der Waals surface area contributed by atoms with Crippen molar-refractivity contribution in [2.45, 2.75) is 12.8 Å². The maximum absolute atomic E-state index is 11.5. The van der Waals surface area contributed by atoms with Crippen LogP contribution in [0.5, 0.6) is 0 Å². The van der Waals surface area contributed by atoms with Crippen molar-refractivity contribution in [2.24, 2.45) is 0 Å². The second kappa shape index (κ2) is 4.46. The number of hydrogen-bond acceptors (Lipinski definition) is 6. The van der Waals surface area contributed by atoms with Gasteiger partial charge in [0.2, 0.25) is 0 Å². The molecule has 1 aromatic rings. The Hall–Kier alpha value is -2.02. The first-order chi connectivity index (χ1) is 8.08. The maximum Gasteiger partial charge on any atom is 0.383 e. The number of rotatable bonds is 2. The number of halogens is 1. The largest absolute Gasteiger partial charge is 0.383 e. The van der Waals surface area contributed by atoms with Crippen LogP contribution >= 0.6 is 11.6 Å². The van der Waals surface area contributed by atoms with Crippen LogP contribution in [0.4, 0.5) is 0 Å². The minimum atomic E-state index is -0.933. The molecule has 0 radical (unpaired) electrons. The second-order valence-corrected chi connectivity index (χ2v) is 3.57. The first kappa shape index (κ1) is 11.5. The normalized spacial score (nSPS) is 15.2. The van der Waals surface area contributed by atoms with Gasteiger partial charge >= 0.3 is 5.97 Å².